The van der Waals surface area contributed by atoms with Gasteiger partial charge in [0.2, 0.25) is 0 Å². The van der Waals surface area contributed by atoms with Gasteiger partial charge in [-0.3, -0.25) is 14.9 Å². The fourth-order valence-corrected chi connectivity index (χ4v) is 6.28. The molecule has 3 amide bonds. The SMILES string of the molecule is CCNC(=O)NC(=O)COC(=O)C12C[C@H]3C[C@@H](C1)CC(c1ccccc1)(C3)C2. The molecule has 4 saturated carbocycles. The molecule has 4 atom stereocenters. The number of rotatable bonds is 5. The number of ether oxygens (including phenoxy) is 1. The Hall–Kier alpha value is -2.37. The normalized spacial score (nSPS) is 32.6. The molecule has 1 aromatic rings. The summed E-state index contributed by atoms with van der Waals surface area (Å²) in [4.78, 5) is 36.4. The van der Waals surface area contributed by atoms with E-state index in [0.717, 1.165) is 32.1 Å². The maximum Gasteiger partial charge on any atom is 0.321 e. The van der Waals surface area contributed by atoms with Crippen molar-refractivity contribution in [3.05, 3.63) is 35.9 Å². The Morgan fingerprint density at radius 1 is 1.07 bits per heavy atom. The van der Waals surface area contributed by atoms with E-state index >= 15 is 0 Å². The molecule has 2 unspecified atom stereocenters. The van der Waals surface area contributed by atoms with Gasteiger partial charge in [0.05, 0.1) is 5.41 Å². The first-order valence-electron chi connectivity index (χ1n) is 10.3. The molecule has 1 aromatic carbocycles. The predicted molar refractivity (Wildman–Crippen MR) is 103 cm³/mol. The van der Waals surface area contributed by atoms with Crippen molar-refractivity contribution in [2.75, 3.05) is 13.2 Å². The Morgan fingerprint density at radius 2 is 1.75 bits per heavy atom. The van der Waals surface area contributed by atoms with Crippen LogP contribution in [0.25, 0.3) is 0 Å². The molecule has 0 radical (unpaired) electrons. The number of imide groups is 1. The summed E-state index contributed by atoms with van der Waals surface area (Å²) in [6.45, 7) is 1.78. The van der Waals surface area contributed by atoms with E-state index in [-0.39, 0.29) is 11.4 Å². The van der Waals surface area contributed by atoms with Crippen molar-refractivity contribution in [2.24, 2.45) is 17.3 Å². The zero-order valence-electron chi connectivity index (χ0n) is 16.3. The van der Waals surface area contributed by atoms with Crippen LogP contribution in [0, 0.1) is 17.3 Å². The second-order valence-electron chi connectivity index (χ2n) is 8.87. The van der Waals surface area contributed by atoms with E-state index in [1.165, 1.54) is 12.0 Å². The van der Waals surface area contributed by atoms with Crippen molar-refractivity contribution in [2.45, 2.75) is 50.9 Å². The molecule has 4 fully saturated rings. The average Bonchev–Trinajstić information content (AvgIpc) is 2.66. The van der Waals surface area contributed by atoms with Crippen LogP contribution in [-0.4, -0.2) is 31.1 Å². The first-order valence-corrected chi connectivity index (χ1v) is 10.3. The van der Waals surface area contributed by atoms with Crippen LogP contribution in [0.5, 0.6) is 0 Å². The molecule has 4 aliphatic rings. The van der Waals surface area contributed by atoms with Crippen LogP contribution in [0.1, 0.15) is 51.0 Å². The van der Waals surface area contributed by atoms with Gasteiger partial charge in [-0.1, -0.05) is 30.3 Å². The highest BCUT2D eigenvalue weighted by Crippen LogP contribution is 2.66. The first-order chi connectivity index (χ1) is 13.4. The Morgan fingerprint density at radius 3 is 2.39 bits per heavy atom. The highest BCUT2D eigenvalue weighted by Gasteiger charge is 2.61. The van der Waals surface area contributed by atoms with Gasteiger partial charge >= 0.3 is 12.0 Å². The molecule has 0 aliphatic heterocycles. The summed E-state index contributed by atoms with van der Waals surface area (Å²) in [5.74, 6) is 0.214. The van der Waals surface area contributed by atoms with Crippen LogP contribution >= 0.6 is 0 Å². The minimum Gasteiger partial charge on any atom is -0.455 e. The summed E-state index contributed by atoms with van der Waals surface area (Å²) >= 11 is 0. The molecular weight excluding hydrogens is 356 g/mol. The van der Waals surface area contributed by atoms with Crippen molar-refractivity contribution in [3.8, 4) is 0 Å². The average molecular weight is 384 g/mol. The van der Waals surface area contributed by atoms with E-state index < -0.39 is 24.0 Å². The minimum atomic E-state index is -0.596. The molecule has 150 valence electrons. The number of hydrogen-bond acceptors (Lipinski definition) is 4. The van der Waals surface area contributed by atoms with Crippen molar-refractivity contribution >= 4 is 17.9 Å². The van der Waals surface area contributed by atoms with Gasteiger partial charge < -0.3 is 10.1 Å². The molecule has 0 saturated heterocycles. The van der Waals surface area contributed by atoms with Gasteiger partial charge in [0.15, 0.2) is 6.61 Å². The summed E-state index contributed by atoms with van der Waals surface area (Å²) < 4.78 is 5.42. The minimum absolute atomic E-state index is 0.0492. The predicted octanol–water partition coefficient (Wildman–Crippen LogP) is 2.91. The van der Waals surface area contributed by atoms with Crippen molar-refractivity contribution < 1.29 is 19.1 Å². The van der Waals surface area contributed by atoms with E-state index in [2.05, 4.69) is 34.9 Å². The monoisotopic (exact) mass is 384 g/mol. The molecule has 6 heteroatoms. The van der Waals surface area contributed by atoms with E-state index in [1.54, 1.807) is 6.92 Å². The van der Waals surface area contributed by atoms with E-state index in [1.807, 2.05) is 6.07 Å². The number of esters is 1. The molecular formula is C22H28N2O4. The van der Waals surface area contributed by atoms with Crippen LogP contribution in [0.4, 0.5) is 4.79 Å². The summed E-state index contributed by atoms with van der Waals surface area (Å²) in [7, 11) is 0. The third-order valence-electron chi connectivity index (χ3n) is 6.80. The number of urea groups is 1. The molecule has 0 aromatic heterocycles. The smallest absolute Gasteiger partial charge is 0.321 e. The quantitative estimate of drug-likeness (QED) is 0.765. The lowest BCUT2D eigenvalue weighted by Gasteiger charge is -2.61. The maximum atomic E-state index is 13.1. The van der Waals surface area contributed by atoms with Crippen molar-refractivity contribution in [3.63, 3.8) is 0 Å². The van der Waals surface area contributed by atoms with Crippen LogP contribution in [0.3, 0.4) is 0 Å². The van der Waals surface area contributed by atoms with Gasteiger partial charge in [-0.2, -0.15) is 0 Å². The number of carbonyl (C=O) groups is 3. The molecule has 0 spiro atoms. The number of nitrogens with one attached hydrogen (secondary N) is 2. The summed E-state index contributed by atoms with van der Waals surface area (Å²) in [6, 6.07) is 9.98. The second-order valence-corrected chi connectivity index (χ2v) is 8.87. The lowest BCUT2D eigenvalue weighted by molar-refractivity contribution is -0.175. The molecule has 5 rings (SSSR count). The topological polar surface area (TPSA) is 84.5 Å². The number of benzene rings is 1. The lowest BCUT2D eigenvalue weighted by Crippen LogP contribution is -2.57. The van der Waals surface area contributed by atoms with Crippen LogP contribution in [-0.2, 0) is 19.7 Å². The third kappa shape index (κ3) is 3.40. The summed E-state index contributed by atoms with van der Waals surface area (Å²) in [5.41, 5.74) is 0.884. The van der Waals surface area contributed by atoms with Gasteiger partial charge in [-0.05, 0) is 68.3 Å². The third-order valence-corrected chi connectivity index (χ3v) is 6.80. The standard InChI is InChI=1S/C22H28N2O4/c1-2-23-20(27)24-18(25)13-28-19(26)22-11-15-8-16(12-22)10-21(9-15,14-22)17-6-4-3-5-7-17/h3-7,15-16H,2,8-14H2,1H3,(H2,23,24,25,27)/t15-,16+,21?,22?. The Bertz CT molecular complexity index is 762. The van der Waals surface area contributed by atoms with E-state index in [9.17, 15) is 14.4 Å². The summed E-state index contributed by atoms with van der Waals surface area (Å²) in [6.07, 6.45) is 5.99. The Balaban J connectivity index is 1.46. The number of hydrogen-bond donors (Lipinski definition) is 2. The largest absolute Gasteiger partial charge is 0.455 e. The zero-order chi connectivity index (χ0) is 19.8. The molecule has 0 heterocycles. The van der Waals surface area contributed by atoms with Crippen LogP contribution in [0.15, 0.2) is 30.3 Å². The van der Waals surface area contributed by atoms with Gasteiger partial charge in [-0.25, -0.2) is 4.79 Å². The summed E-state index contributed by atoms with van der Waals surface area (Å²) in [5, 5.41) is 4.66. The van der Waals surface area contributed by atoms with Gasteiger partial charge in [-0.15, -0.1) is 0 Å². The number of amides is 3. The van der Waals surface area contributed by atoms with Gasteiger partial charge in [0.25, 0.3) is 5.91 Å². The van der Waals surface area contributed by atoms with E-state index in [4.69, 9.17) is 4.74 Å². The maximum absolute atomic E-state index is 13.1. The van der Waals surface area contributed by atoms with Gasteiger partial charge in [0, 0.05) is 6.54 Å². The molecule has 28 heavy (non-hydrogen) atoms. The van der Waals surface area contributed by atoms with Crippen LogP contribution < -0.4 is 10.6 Å². The Labute approximate surface area is 165 Å². The second kappa shape index (κ2) is 7.22. The first kappa shape index (κ1) is 19.0. The van der Waals surface area contributed by atoms with Crippen molar-refractivity contribution in [1.29, 1.82) is 0 Å². The highest BCUT2D eigenvalue weighted by molar-refractivity contribution is 5.95. The van der Waals surface area contributed by atoms with Crippen LogP contribution in [0.2, 0.25) is 0 Å². The Kier molecular flexibility index (Phi) is 4.89. The molecule has 4 aliphatic carbocycles. The number of carbonyl (C=O) groups excluding carboxylic acids is 3. The molecule has 6 nitrogen and oxygen atoms in total. The van der Waals surface area contributed by atoms with Gasteiger partial charge in [0.1, 0.15) is 0 Å². The fourth-order valence-electron chi connectivity index (χ4n) is 6.28. The highest BCUT2D eigenvalue weighted by atomic mass is 16.5. The lowest BCUT2D eigenvalue weighted by atomic mass is 9.43. The molecule has 4 bridgehead atoms. The zero-order valence-corrected chi connectivity index (χ0v) is 16.3. The fraction of sp³-hybridized carbons (Fsp3) is 0.591. The van der Waals surface area contributed by atoms with E-state index in [0.29, 0.717) is 18.4 Å². The molecule has 2 N–H and O–H groups in total. The van der Waals surface area contributed by atoms with Crippen molar-refractivity contribution in [1.82, 2.24) is 10.6 Å².